The fourth-order valence-corrected chi connectivity index (χ4v) is 2.38. The van der Waals surface area contributed by atoms with Gasteiger partial charge >= 0.3 is 6.18 Å². The predicted molar refractivity (Wildman–Crippen MR) is 78.2 cm³/mol. The van der Waals surface area contributed by atoms with Gasteiger partial charge in [-0.3, -0.25) is 9.78 Å². The Bertz CT molecular complexity index is 937. The number of alkyl halides is 3. The SMILES string of the molecule is O=C(c1ccccc1)c1cnc2c(C(F)(F)F)cc(F)cc2c1O. The molecule has 0 saturated heterocycles. The maximum Gasteiger partial charge on any atom is 0.418 e. The number of rotatable bonds is 2. The van der Waals surface area contributed by atoms with Crippen molar-refractivity contribution in [3.8, 4) is 5.75 Å². The molecule has 3 rings (SSSR count). The van der Waals surface area contributed by atoms with Crippen LogP contribution in [0.2, 0.25) is 0 Å². The van der Waals surface area contributed by atoms with Gasteiger partial charge < -0.3 is 5.11 Å². The van der Waals surface area contributed by atoms with Crippen LogP contribution < -0.4 is 0 Å². The molecular formula is C17H9F4NO2. The number of fused-ring (bicyclic) bond motifs is 1. The van der Waals surface area contributed by atoms with E-state index >= 15 is 0 Å². The fraction of sp³-hybridized carbons (Fsp3) is 0.0588. The van der Waals surface area contributed by atoms with Crippen molar-refractivity contribution < 1.29 is 27.5 Å². The Labute approximate surface area is 133 Å². The fourth-order valence-electron chi connectivity index (χ4n) is 2.38. The summed E-state index contributed by atoms with van der Waals surface area (Å²) in [6.07, 6.45) is -3.98. The van der Waals surface area contributed by atoms with Crippen LogP contribution in [0.3, 0.4) is 0 Å². The third-order valence-corrected chi connectivity index (χ3v) is 3.49. The van der Waals surface area contributed by atoms with Gasteiger partial charge in [0.1, 0.15) is 11.6 Å². The van der Waals surface area contributed by atoms with Gasteiger partial charge in [0.2, 0.25) is 0 Å². The summed E-state index contributed by atoms with van der Waals surface area (Å²) in [7, 11) is 0. The molecule has 3 nitrogen and oxygen atoms in total. The van der Waals surface area contributed by atoms with Crippen molar-refractivity contribution >= 4 is 16.7 Å². The van der Waals surface area contributed by atoms with Crippen LogP contribution in [0.5, 0.6) is 5.75 Å². The lowest BCUT2D eigenvalue weighted by molar-refractivity contribution is -0.136. The van der Waals surface area contributed by atoms with Crippen molar-refractivity contribution in [3.63, 3.8) is 0 Å². The molecule has 0 spiro atoms. The van der Waals surface area contributed by atoms with E-state index < -0.39 is 40.0 Å². The quantitative estimate of drug-likeness (QED) is 0.560. The summed E-state index contributed by atoms with van der Waals surface area (Å²) in [5.41, 5.74) is -2.01. The zero-order valence-electron chi connectivity index (χ0n) is 11.9. The van der Waals surface area contributed by atoms with E-state index in [-0.39, 0.29) is 11.1 Å². The molecule has 1 aromatic heterocycles. The molecule has 0 aliphatic carbocycles. The number of aromatic hydroxyl groups is 1. The molecule has 0 radical (unpaired) electrons. The van der Waals surface area contributed by atoms with Crippen LogP contribution in [-0.2, 0) is 6.18 Å². The number of pyridine rings is 1. The van der Waals surface area contributed by atoms with E-state index in [2.05, 4.69) is 4.98 Å². The minimum Gasteiger partial charge on any atom is -0.506 e. The summed E-state index contributed by atoms with van der Waals surface area (Å²) in [6, 6.07) is 8.86. The molecule has 122 valence electrons. The highest BCUT2D eigenvalue weighted by Gasteiger charge is 2.35. The third-order valence-electron chi connectivity index (χ3n) is 3.49. The molecule has 1 N–H and O–H groups in total. The van der Waals surface area contributed by atoms with Gasteiger partial charge in [-0.05, 0) is 12.1 Å². The van der Waals surface area contributed by atoms with E-state index in [0.29, 0.717) is 12.1 Å². The van der Waals surface area contributed by atoms with E-state index in [4.69, 9.17) is 0 Å². The second kappa shape index (κ2) is 5.59. The molecule has 0 atom stereocenters. The number of nitrogens with zero attached hydrogens (tertiary/aromatic N) is 1. The maximum absolute atomic E-state index is 13.5. The molecule has 0 amide bonds. The third kappa shape index (κ3) is 2.68. The number of carbonyl (C=O) groups is 1. The number of ketones is 1. The maximum atomic E-state index is 13.5. The van der Waals surface area contributed by atoms with Gasteiger partial charge in [-0.1, -0.05) is 30.3 Å². The summed E-state index contributed by atoms with van der Waals surface area (Å²) < 4.78 is 52.5. The van der Waals surface area contributed by atoms with Gasteiger partial charge in [0.05, 0.1) is 16.6 Å². The minimum absolute atomic E-state index is 0.224. The summed E-state index contributed by atoms with van der Waals surface area (Å²) in [4.78, 5) is 16.0. The average Bonchev–Trinajstić information content (AvgIpc) is 2.54. The monoisotopic (exact) mass is 335 g/mol. The molecule has 0 aliphatic heterocycles. The van der Waals surface area contributed by atoms with Gasteiger partial charge in [-0.15, -0.1) is 0 Å². The number of aromatic nitrogens is 1. The highest BCUT2D eigenvalue weighted by molar-refractivity contribution is 6.13. The minimum atomic E-state index is -4.84. The van der Waals surface area contributed by atoms with E-state index in [9.17, 15) is 27.5 Å². The molecule has 0 unspecified atom stereocenters. The number of benzene rings is 2. The highest BCUT2D eigenvalue weighted by Crippen LogP contribution is 2.38. The summed E-state index contributed by atoms with van der Waals surface area (Å²) in [5.74, 6) is -2.55. The summed E-state index contributed by atoms with van der Waals surface area (Å²) in [6.45, 7) is 0. The highest BCUT2D eigenvalue weighted by atomic mass is 19.4. The van der Waals surface area contributed by atoms with Crippen molar-refractivity contribution in [2.24, 2.45) is 0 Å². The van der Waals surface area contributed by atoms with E-state index in [1.54, 1.807) is 18.2 Å². The Hall–Kier alpha value is -2.96. The Morgan fingerprint density at radius 2 is 1.75 bits per heavy atom. The standard InChI is InChI=1S/C17H9F4NO2/c18-10-6-11-14(13(7-10)17(19,20)21)22-8-12(16(11)24)15(23)9-4-2-1-3-5-9/h1-8H,(H,22,24). The number of hydrogen-bond acceptors (Lipinski definition) is 3. The molecule has 0 bridgehead atoms. The van der Waals surface area contributed by atoms with E-state index in [1.807, 2.05) is 0 Å². The van der Waals surface area contributed by atoms with Crippen molar-refractivity contribution in [1.82, 2.24) is 4.98 Å². The summed E-state index contributed by atoms with van der Waals surface area (Å²) >= 11 is 0. The lowest BCUT2D eigenvalue weighted by Gasteiger charge is -2.12. The van der Waals surface area contributed by atoms with Crippen molar-refractivity contribution in [2.45, 2.75) is 6.18 Å². The Morgan fingerprint density at radius 3 is 2.38 bits per heavy atom. The Balaban J connectivity index is 2.24. The van der Waals surface area contributed by atoms with Gasteiger partial charge in [0, 0.05) is 17.1 Å². The molecule has 0 fully saturated rings. The first-order valence-corrected chi connectivity index (χ1v) is 6.77. The first-order valence-electron chi connectivity index (χ1n) is 6.77. The molecule has 0 aliphatic rings. The number of halogens is 4. The molecule has 7 heteroatoms. The molecule has 3 aromatic rings. The van der Waals surface area contributed by atoms with Crippen molar-refractivity contribution in [2.75, 3.05) is 0 Å². The van der Waals surface area contributed by atoms with E-state index in [0.717, 1.165) is 6.20 Å². The molecule has 24 heavy (non-hydrogen) atoms. The van der Waals surface area contributed by atoms with Crippen molar-refractivity contribution in [1.29, 1.82) is 0 Å². The van der Waals surface area contributed by atoms with Gasteiger partial charge in [-0.2, -0.15) is 13.2 Å². The largest absolute Gasteiger partial charge is 0.506 e. The second-order valence-electron chi connectivity index (χ2n) is 5.06. The Morgan fingerprint density at radius 1 is 1.08 bits per heavy atom. The zero-order chi connectivity index (χ0) is 17.5. The first kappa shape index (κ1) is 15.9. The second-order valence-corrected chi connectivity index (χ2v) is 5.06. The van der Waals surface area contributed by atoms with Gasteiger partial charge in [0.15, 0.2) is 5.78 Å². The van der Waals surface area contributed by atoms with Crippen LogP contribution in [0, 0.1) is 5.82 Å². The van der Waals surface area contributed by atoms with Crippen LogP contribution in [0.1, 0.15) is 21.5 Å². The predicted octanol–water partition coefficient (Wildman–Crippen LogP) is 4.33. The first-order chi connectivity index (χ1) is 11.3. The van der Waals surface area contributed by atoms with Crippen LogP contribution in [0.4, 0.5) is 17.6 Å². The van der Waals surface area contributed by atoms with Crippen LogP contribution in [-0.4, -0.2) is 15.9 Å². The molecular weight excluding hydrogens is 326 g/mol. The van der Waals surface area contributed by atoms with Gasteiger partial charge in [0.25, 0.3) is 0 Å². The molecule has 0 saturated carbocycles. The van der Waals surface area contributed by atoms with Crippen molar-refractivity contribution in [3.05, 3.63) is 71.2 Å². The smallest absolute Gasteiger partial charge is 0.418 e. The van der Waals surface area contributed by atoms with Crippen LogP contribution in [0.25, 0.3) is 10.9 Å². The number of hydrogen-bond donors (Lipinski definition) is 1. The normalized spacial score (nSPS) is 11.7. The average molecular weight is 335 g/mol. The van der Waals surface area contributed by atoms with Gasteiger partial charge in [-0.25, -0.2) is 4.39 Å². The van der Waals surface area contributed by atoms with E-state index in [1.165, 1.54) is 12.1 Å². The Kier molecular flexibility index (Phi) is 3.71. The lowest BCUT2D eigenvalue weighted by Crippen LogP contribution is -2.09. The van der Waals surface area contributed by atoms with Crippen LogP contribution in [0.15, 0.2) is 48.7 Å². The van der Waals surface area contributed by atoms with Crippen LogP contribution >= 0.6 is 0 Å². The molecule has 2 aromatic carbocycles. The molecule has 1 heterocycles. The zero-order valence-corrected chi connectivity index (χ0v) is 11.9. The lowest BCUT2D eigenvalue weighted by atomic mass is 10.0. The number of carbonyl (C=O) groups excluding carboxylic acids is 1. The topological polar surface area (TPSA) is 50.2 Å². The summed E-state index contributed by atoms with van der Waals surface area (Å²) in [5, 5.41) is 9.73.